The predicted molar refractivity (Wildman–Crippen MR) is 140 cm³/mol. The molecule has 0 unspecified atom stereocenters. The van der Waals surface area contributed by atoms with Gasteiger partial charge in [0.25, 0.3) is 16.0 Å². The average molecular weight is 582 g/mol. The number of aryl methyl sites for hydroxylation is 1. The molecule has 0 fully saturated rings. The Hall–Kier alpha value is -2.70. The number of fused-ring (bicyclic) bond motifs is 1. The van der Waals surface area contributed by atoms with Gasteiger partial charge in [-0.1, -0.05) is 53.2 Å². The van der Waals surface area contributed by atoms with Crippen molar-refractivity contribution in [3.05, 3.63) is 81.8 Å². The van der Waals surface area contributed by atoms with Crippen molar-refractivity contribution < 1.29 is 57.2 Å². The van der Waals surface area contributed by atoms with Crippen LogP contribution in [0.1, 0.15) is 15.9 Å². The molecule has 4 aromatic carbocycles. The minimum Gasteiger partial charge on any atom is -0.870 e. The van der Waals surface area contributed by atoms with Gasteiger partial charge in [-0.05, 0) is 48.2 Å². The Morgan fingerprint density at radius 2 is 1.76 bits per heavy atom. The summed E-state index contributed by atoms with van der Waals surface area (Å²) in [6.45, 7) is 1.45. The number of methoxy groups -OCH3 is 1. The Morgan fingerprint density at radius 3 is 2.45 bits per heavy atom. The van der Waals surface area contributed by atoms with E-state index in [1.54, 1.807) is 36.4 Å². The fourth-order valence-corrected chi connectivity index (χ4v) is 4.80. The van der Waals surface area contributed by atoms with E-state index in [0.29, 0.717) is 27.2 Å². The maximum Gasteiger partial charge on any atom is 1.00 e. The second kappa shape index (κ2) is 12.0. The number of amides is 1. The van der Waals surface area contributed by atoms with Gasteiger partial charge in [0, 0.05) is 22.0 Å². The van der Waals surface area contributed by atoms with Crippen LogP contribution in [0.5, 0.6) is 11.5 Å². The summed E-state index contributed by atoms with van der Waals surface area (Å²) in [4.78, 5) is 12.7. The van der Waals surface area contributed by atoms with Gasteiger partial charge in [0.05, 0.1) is 28.4 Å². The molecule has 0 aliphatic rings. The molecule has 0 saturated heterocycles. The summed E-state index contributed by atoms with van der Waals surface area (Å²) in [7, 11) is -3.07. The number of benzene rings is 4. The summed E-state index contributed by atoms with van der Waals surface area (Å²) in [5.41, 5.74) is 0.260. The van der Waals surface area contributed by atoms with E-state index in [9.17, 15) is 22.9 Å². The molecule has 190 valence electrons. The Balaban J connectivity index is 0.00000400. The molecule has 2 N–H and O–H groups in total. The van der Waals surface area contributed by atoms with Gasteiger partial charge in [-0.3, -0.25) is 9.35 Å². The number of hydrogen-bond acceptors (Lipinski definition) is 7. The van der Waals surface area contributed by atoms with Crippen LogP contribution in [0.2, 0.25) is 10.0 Å². The first-order valence-corrected chi connectivity index (χ1v) is 12.8. The molecule has 0 aliphatic carbocycles. The minimum absolute atomic E-state index is 0. The van der Waals surface area contributed by atoms with Crippen molar-refractivity contribution in [2.45, 2.75) is 11.8 Å². The van der Waals surface area contributed by atoms with Crippen molar-refractivity contribution in [3.63, 3.8) is 0 Å². The summed E-state index contributed by atoms with van der Waals surface area (Å²) < 4.78 is 37.6. The molecular formula is C25H18Cl2N3NaO6S. The smallest absolute Gasteiger partial charge is 0.870 e. The first-order chi connectivity index (χ1) is 17.5. The van der Waals surface area contributed by atoms with E-state index in [-0.39, 0.29) is 62.0 Å². The van der Waals surface area contributed by atoms with Crippen molar-refractivity contribution in [3.8, 4) is 11.5 Å². The van der Waals surface area contributed by atoms with Crippen LogP contribution >= 0.6 is 23.2 Å². The Bertz CT molecular complexity index is 1700. The predicted octanol–water partition coefficient (Wildman–Crippen LogP) is 3.46. The van der Waals surface area contributed by atoms with Gasteiger partial charge in [-0.25, -0.2) is 0 Å². The van der Waals surface area contributed by atoms with E-state index in [1.165, 1.54) is 32.2 Å². The maximum atomic E-state index is 13.4. The van der Waals surface area contributed by atoms with Crippen molar-refractivity contribution in [2.75, 3.05) is 12.4 Å². The second-order valence-corrected chi connectivity index (χ2v) is 10.1. The fourth-order valence-electron chi connectivity index (χ4n) is 3.64. The number of hydrogen-bond donors (Lipinski definition) is 2. The minimum atomic E-state index is -4.49. The molecule has 0 aromatic heterocycles. The summed E-state index contributed by atoms with van der Waals surface area (Å²) in [6, 6.07) is 15.3. The first-order valence-electron chi connectivity index (χ1n) is 10.6. The molecule has 0 heterocycles. The monoisotopic (exact) mass is 581 g/mol. The van der Waals surface area contributed by atoms with Crippen LogP contribution in [0, 0.1) is 6.92 Å². The standard InChI is InChI=1S/C25H19Cl2N3O6S.Na/c1-13-9-20(18(27)12-22(13)37(33,34)35)29-30-23-16-6-4-3-5-14(16)10-17(24(23)31)25(32)28-19-8-7-15(26)11-21(19)36-2;/h3-12,31H,1-2H3,(H,28,32)(H,33,34,35);/q;+1/p-1. The van der Waals surface area contributed by atoms with Crippen LogP contribution in [0.4, 0.5) is 17.1 Å². The van der Waals surface area contributed by atoms with E-state index >= 15 is 0 Å². The number of carbonyl (C=O) groups is 1. The van der Waals surface area contributed by atoms with Gasteiger partial charge < -0.3 is 15.2 Å². The fraction of sp³-hybridized carbons (Fsp3) is 0.0800. The normalized spacial score (nSPS) is 11.4. The van der Waals surface area contributed by atoms with Crippen LogP contribution in [0.15, 0.2) is 75.8 Å². The molecule has 0 saturated carbocycles. The van der Waals surface area contributed by atoms with Crippen molar-refractivity contribution >= 4 is 67.1 Å². The van der Waals surface area contributed by atoms with Crippen LogP contribution in [-0.4, -0.2) is 26.0 Å². The second-order valence-electron chi connectivity index (χ2n) is 7.87. The van der Waals surface area contributed by atoms with Gasteiger partial charge in [0.15, 0.2) is 0 Å². The topological polar surface area (TPSA) is 140 Å². The zero-order valence-electron chi connectivity index (χ0n) is 20.3. The number of ether oxygens (including phenoxy) is 1. The molecule has 0 bridgehead atoms. The Morgan fingerprint density at radius 1 is 1.05 bits per heavy atom. The summed E-state index contributed by atoms with van der Waals surface area (Å²) in [5, 5.41) is 25.5. The van der Waals surface area contributed by atoms with Crippen molar-refractivity contribution in [1.82, 2.24) is 0 Å². The van der Waals surface area contributed by atoms with Crippen molar-refractivity contribution in [2.24, 2.45) is 10.2 Å². The van der Waals surface area contributed by atoms with Gasteiger partial charge in [0.2, 0.25) is 0 Å². The molecule has 0 spiro atoms. The van der Waals surface area contributed by atoms with Gasteiger partial charge in [-0.2, -0.15) is 13.5 Å². The van der Waals surface area contributed by atoms with Gasteiger partial charge >= 0.3 is 29.6 Å². The number of nitrogens with zero attached hydrogens (tertiary/aromatic N) is 2. The molecule has 38 heavy (non-hydrogen) atoms. The molecule has 13 heteroatoms. The number of anilines is 1. The Kier molecular flexibility index (Phi) is 9.43. The molecule has 0 atom stereocenters. The largest absolute Gasteiger partial charge is 1.00 e. The van der Waals surface area contributed by atoms with E-state index in [1.807, 2.05) is 0 Å². The number of azo groups is 1. The van der Waals surface area contributed by atoms with E-state index in [0.717, 1.165) is 6.07 Å². The van der Waals surface area contributed by atoms with E-state index < -0.39 is 21.8 Å². The molecular weight excluding hydrogens is 564 g/mol. The number of nitrogens with one attached hydrogen (secondary N) is 1. The van der Waals surface area contributed by atoms with Crippen LogP contribution < -0.4 is 44.7 Å². The SMILES string of the molecule is COc1cc(Cl)ccc1NC(=O)c1cc2ccccc2c(N=Nc2cc(C)c(S(=O)(=O)O)cc2Cl)c1[O-].[Na+]. The number of halogens is 2. The third-order valence-electron chi connectivity index (χ3n) is 5.41. The maximum absolute atomic E-state index is 13.4. The molecule has 0 radical (unpaired) electrons. The third-order valence-corrected chi connectivity index (χ3v) is 6.95. The quantitative estimate of drug-likeness (QED) is 0.203. The molecule has 9 nitrogen and oxygen atoms in total. The summed E-state index contributed by atoms with van der Waals surface area (Å²) in [6.07, 6.45) is 0. The molecule has 1 amide bonds. The van der Waals surface area contributed by atoms with E-state index in [4.69, 9.17) is 27.9 Å². The Labute approximate surface area is 250 Å². The molecule has 4 rings (SSSR count). The summed E-state index contributed by atoms with van der Waals surface area (Å²) >= 11 is 12.1. The van der Waals surface area contributed by atoms with Crippen molar-refractivity contribution in [1.29, 1.82) is 0 Å². The van der Waals surface area contributed by atoms with Gasteiger partial charge in [0.1, 0.15) is 11.4 Å². The van der Waals surface area contributed by atoms with Gasteiger partial charge in [-0.15, -0.1) is 5.11 Å². The van der Waals surface area contributed by atoms with Crippen LogP contribution in [0.25, 0.3) is 10.8 Å². The third kappa shape index (κ3) is 6.29. The summed E-state index contributed by atoms with van der Waals surface area (Å²) in [5.74, 6) is -1.07. The number of carbonyl (C=O) groups excluding carboxylic acids is 1. The average Bonchev–Trinajstić information content (AvgIpc) is 2.85. The number of rotatable bonds is 6. The van der Waals surface area contributed by atoms with Crippen LogP contribution in [-0.2, 0) is 10.1 Å². The van der Waals surface area contributed by atoms with Crippen LogP contribution in [0.3, 0.4) is 0 Å². The first kappa shape index (κ1) is 29.9. The molecule has 0 aliphatic heterocycles. The zero-order chi connectivity index (χ0) is 26.9. The zero-order valence-corrected chi connectivity index (χ0v) is 24.6. The molecule has 4 aromatic rings. The van der Waals surface area contributed by atoms with E-state index in [2.05, 4.69) is 15.5 Å².